The first kappa shape index (κ1) is 20.8. The molecule has 0 fully saturated rings. The van der Waals surface area contributed by atoms with Gasteiger partial charge < -0.3 is 0 Å². The van der Waals surface area contributed by atoms with E-state index < -0.39 is 0 Å². The molecule has 0 aliphatic carbocycles. The zero-order valence-corrected chi connectivity index (χ0v) is 17.3. The molecule has 29 heavy (non-hydrogen) atoms. The van der Waals surface area contributed by atoms with Crippen molar-refractivity contribution in [3.05, 3.63) is 119 Å². The van der Waals surface area contributed by atoms with Gasteiger partial charge >= 0.3 is 0 Å². The van der Waals surface area contributed by atoms with Crippen molar-refractivity contribution in [2.75, 3.05) is 0 Å². The lowest BCUT2D eigenvalue weighted by molar-refractivity contribution is 0.609. The molecule has 0 spiro atoms. The molecular weight excluding hydrogens is 355 g/mol. The Bertz CT molecular complexity index is 949. The summed E-state index contributed by atoms with van der Waals surface area (Å²) in [4.78, 5) is 0. The molecule has 148 valence electrons. The Morgan fingerprint density at radius 3 is 2.24 bits per heavy atom. The third-order valence-electron chi connectivity index (χ3n) is 5.25. The zero-order valence-electron chi connectivity index (χ0n) is 17.3. The Balaban J connectivity index is 1.60. The van der Waals surface area contributed by atoms with Crippen LogP contribution in [0.5, 0.6) is 0 Å². The van der Waals surface area contributed by atoms with Gasteiger partial charge in [-0.1, -0.05) is 98.0 Å². The molecule has 0 aromatic heterocycles. The molecular formula is C28H29F. The van der Waals surface area contributed by atoms with Gasteiger partial charge in [0, 0.05) is 0 Å². The second-order valence-corrected chi connectivity index (χ2v) is 7.55. The van der Waals surface area contributed by atoms with Gasteiger partial charge in [0.2, 0.25) is 0 Å². The molecule has 0 unspecified atom stereocenters. The van der Waals surface area contributed by atoms with Crippen molar-refractivity contribution < 1.29 is 4.39 Å². The second kappa shape index (κ2) is 10.6. The lowest BCUT2D eigenvalue weighted by Crippen LogP contribution is -1.98. The van der Waals surface area contributed by atoms with Gasteiger partial charge in [-0.05, 0) is 66.0 Å². The van der Waals surface area contributed by atoms with Crippen LogP contribution >= 0.6 is 0 Å². The van der Waals surface area contributed by atoms with E-state index in [0.29, 0.717) is 5.92 Å². The van der Waals surface area contributed by atoms with Crippen molar-refractivity contribution >= 4 is 12.2 Å². The Hall–Kier alpha value is -2.93. The minimum Gasteiger partial charge on any atom is -0.207 e. The van der Waals surface area contributed by atoms with E-state index in [1.54, 1.807) is 6.07 Å². The number of benzene rings is 3. The molecule has 0 heterocycles. The largest absolute Gasteiger partial charge is 0.207 e. The summed E-state index contributed by atoms with van der Waals surface area (Å²) in [5.74, 6) is 0.369. The van der Waals surface area contributed by atoms with Crippen LogP contribution in [0.15, 0.2) is 84.9 Å². The molecule has 0 saturated heterocycles. The highest BCUT2D eigenvalue weighted by molar-refractivity contribution is 5.69. The van der Waals surface area contributed by atoms with Gasteiger partial charge in [0.05, 0.1) is 0 Å². The van der Waals surface area contributed by atoms with Crippen molar-refractivity contribution in [1.29, 1.82) is 0 Å². The topological polar surface area (TPSA) is 0 Å². The quantitative estimate of drug-likeness (QED) is 0.274. The molecule has 0 bridgehead atoms. The Kier molecular flexibility index (Phi) is 7.58. The smallest absolute Gasteiger partial charge is 0.127 e. The summed E-state index contributed by atoms with van der Waals surface area (Å²) in [6.07, 6.45) is 10.7. The molecule has 0 nitrogen and oxygen atoms in total. The summed E-state index contributed by atoms with van der Waals surface area (Å²) in [5, 5.41) is 0. The Labute approximate surface area is 174 Å². The van der Waals surface area contributed by atoms with Crippen LogP contribution in [0.4, 0.5) is 4.39 Å². The van der Waals surface area contributed by atoms with Gasteiger partial charge in [-0.15, -0.1) is 0 Å². The first-order chi connectivity index (χ1) is 14.2. The van der Waals surface area contributed by atoms with Crippen LogP contribution in [-0.2, 0) is 12.8 Å². The van der Waals surface area contributed by atoms with E-state index in [2.05, 4.69) is 67.6 Å². The number of allylic oxidation sites excluding steroid dienone is 2. The maximum atomic E-state index is 14.3. The van der Waals surface area contributed by atoms with E-state index in [-0.39, 0.29) is 5.82 Å². The second-order valence-electron chi connectivity index (χ2n) is 7.55. The average Bonchev–Trinajstić information content (AvgIpc) is 2.75. The van der Waals surface area contributed by atoms with E-state index in [1.807, 2.05) is 37.3 Å². The van der Waals surface area contributed by atoms with Crippen molar-refractivity contribution in [2.24, 2.45) is 0 Å². The van der Waals surface area contributed by atoms with Crippen molar-refractivity contribution in [1.82, 2.24) is 0 Å². The third-order valence-corrected chi connectivity index (χ3v) is 5.25. The SMILES string of the molecule is CC=CCCc1ccc(C=Cc2ccc(C[C@H](C)c3ccccc3)cc2)cc1F. The molecule has 1 heteroatoms. The maximum Gasteiger partial charge on any atom is 0.127 e. The number of aryl methyl sites for hydroxylation is 1. The van der Waals surface area contributed by atoms with E-state index in [1.165, 1.54) is 11.1 Å². The highest BCUT2D eigenvalue weighted by atomic mass is 19.1. The summed E-state index contributed by atoms with van der Waals surface area (Å²) in [6.45, 7) is 4.25. The summed E-state index contributed by atoms with van der Waals surface area (Å²) in [7, 11) is 0. The molecule has 0 aliphatic rings. The fourth-order valence-electron chi connectivity index (χ4n) is 3.49. The van der Waals surface area contributed by atoms with Crippen LogP contribution in [0.1, 0.15) is 54.0 Å². The number of halogens is 1. The number of hydrogen-bond acceptors (Lipinski definition) is 0. The van der Waals surface area contributed by atoms with Crippen LogP contribution in [0.2, 0.25) is 0 Å². The monoisotopic (exact) mass is 384 g/mol. The third kappa shape index (κ3) is 6.29. The average molecular weight is 385 g/mol. The van der Waals surface area contributed by atoms with Crippen molar-refractivity contribution in [3.8, 4) is 0 Å². The fourth-order valence-corrected chi connectivity index (χ4v) is 3.49. The van der Waals surface area contributed by atoms with Gasteiger partial charge in [0.15, 0.2) is 0 Å². The number of rotatable bonds is 8. The van der Waals surface area contributed by atoms with E-state index in [4.69, 9.17) is 0 Å². The van der Waals surface area contributed by atoms with E-state index in [9.17, 15) is 4.39 Å². The van der Waals surface area contributed by atoms with Crippen LogP contribution in [0.3, 0.4) is 0 Å². The highest BCUT2D eigenvalue weighted by Crippen LogP contribution is 2.21. The van der Waals surface area contributed by atoms with Crippen LogP contribution < -0.4 is 0 Å². The predicted molar refractivity (Wildman–Crippen MR) is 123 cm³/mol. The van der Waals surface area contributed by atoms with E-state index >= 15 is 0 Å². The first-order valence-corrected chi connectivity index (χ1v) is 10.4. The Morgan fingerprint density at radius 1 is 0.862 bits per heavy atom. The molecule has 0 N–H and O–H groups in total. The van der Waals surface area contributed by atoms with Gasteiger partial charge in [0.25, 0.3) is 0 Å². The lowest BCUT2D eigenvalue weighted by Gasteiger charge is -2.12. The van der Waals surface area contributed by atoms with Crippen LogP contribution in [-0.4, -0.2) is 0 Å². The molecule has 3 rings (SSSR count). The van der Waals surface area contributed by atoms with Gasteiger partial charge in [-0.3, -0.25) is 0 Å². The lowest BCUT2D eigenvalue weighted by atomic mass is 9.93. The summed E-state index contributed by atoms with van der Waals surface area (Å²) < 4.78 is 14.3. The molecule has 0 radical (unpaired) electrons. The zero-order chi connectivity index (χ0) is 20.5. The summed E-state index contributed by atoms with van der Waals surface area (Å²) >= 11 is 0. The minimum absolute atomic E-state index is 0.123. The highest BCUT2D eigenvalue weighted by Gasteiger charge is 2.06. The molecule has 0 amide bonds. The standard InChI is InChI=1S/C28H29F/c1-3-4-6-11-27-19-18-25(21-28(27)29)17-14-23-12-15-24(16-13-23)20-22(2)26-9-7-5-8-10-26/h3-5,7-10,12-19,21-22H,6,11,20H2,1-2H3/t22-/m0/s1. The fraction of sp³-hybridized carbons (Fsp3) is 0.214. The summed E-state index contributed by atoms with van der Waals surface area (Å²) in [6, 6.07) is 24.8. The van der Waals surface area contributed by atoms with Gasteiger partial charge in [-0.2, -0.15) is 0 Å². The first-order valence-electron chi connectivity index (χ1n) is 10.4. The van der Waals surface area contributed by atoms with Gasteiger partial charge in [0.1, 0.15) is 5.82 Å². The van der Waals surface area contributed by atoms with Crippen molar-refractivity contribution in [2.45, 2.75) is 39.0 Å². The van der Waals surface area contributed by atoms with Gasteiger partial charge in [-0.25, -0.2) is 4.39 Å². The van der Waals surface area contributed by atoms with E-state index in [0.717, 1.165) is 36.0 Å². The molecule has 0 saturated carbocycles. The normalized spacial score (nSPS) is 12.7. The minimum atomic E-state index is -0.123. The molecule has 1 atom stereocenters. The molecule has 3 aromatic carbocycles. The number of hydrogen-bond donors (Lipinski definition) is 0. The maximum absolute atomic E-state index is 14.3. The molecule has 0 aliphatic heterocycles. The van der Waals surface area contributed by atoms with Crippen LogP contribution in [0.25, 0.3) is 12.2 Å². The Morgan fingerprint density at radius 2 is 1.55 bits per heavy atom. The van der Waals surface area contributed by atoms with Crippen molar-refractivity contribution in [3.63, 3.8) is 0 Å². The summed E-state index contributed by atoms with van der Waals surface area (Å²) in [5.41, 5.74) is 5.48. The molecule has 3 aromatic rings. The predicted octanol–water partition coefficient (Wildman–Crippen LogP) is 7.85. The van der Waals surface area contributed by atoms with Crippen LogP contribution in [0, 0.1) is 5.82 Å².